The number of ether oxygens (including phenoxy) is 1. The molecule has 1 aromatic heterocycles. The second-order valence-electron chi connectivity index (χ2n) is 4.98. The van der Waals surface area contributed by atoms with Crippen molar-refractivity contribution in [1.29, 1.82) is 0 Å². The summed E-state index contributed by atoms with van der Waals surface area (Å²) < 4.78 is 10.6. The lowest BCUT2D eigenvalue weighted by molar-refractivity contribution is -0.144. The van der Waals surface area contributed by atoms with Crippen LogP contribution in [0.5, 0.6) is 5.75 Å². The van der Waals surface area contributed by atoms with Gasteiger partial charge in [0.1, 0.15) is 17.9 Å². The van der Waals surface area contributed by atoms with Crippen LogP contribution in [0, 0.1) is 0 Å². The van der Waals surface area contributed by atoms with Crippen LogP contribution < -0.4 is 0 Å². The van der Waals surface area contributed by atoms with E-state index in [2.05, 4.69) is 0 Å². The van der Waals surface area contributed by atoms with E-state index in [0.29, 0.717) is 26.8 Å². The molecule has 0 aliphatic carbocycles. The summed E-state index contributed by atoms with van der Waals surface area (Å²) in [7, 11) is 0. The standard InChI is InChI=1S/C17H12Cl2O4/c18-14-2-1-3-15(19)13(14)9-23-17(21)6-10-8-22-16-7-11(20)4-5-12(10)16/h1-5,7-8,20H,6,9H2. The molecule has 2 aromatic carbocycles. The van der Waals surface area contributed by atoms with Crippen LogP contribution in [0.25, 0.3) is 11.0 Å². The summed E-state index contributed by atoms with van der Waals surface area (Å²) in [5.74, 6) is -0.314. The van der Waals surface area contributed by atoms with Gasteiger partial charge in [0.2, 0.25) is 0 Å². The van der Waals surface area contributed by atoms with E-state index < -0.39 is 5.97 Å². The van der Waals surface area contributed by atoms with Gasteiger partial charge in [0.15, 0.2) is 0 Å². The molecule has 0 radical (unpaired) electrons. The zero-order valence-corrected chi connectivity index (χ0v) is 13.4. The van der Waals surface area contributed by atoms with Crippen molar-refractivity contribution >= 4 is 40.1 Å². The third-order valence-electron chi connectivity index (χ3n) is 3.41. The highest BCUT2D eigenvalue weighted by Gasteiger charge is 2.13. The van der Waals surface area contributed by atoms with Crippen molar-refractivity contribution in [3.05, 3.63) is 63.8 Å². The molecular formula is C17H12Cl2O4. The molecule has 0 aliphatic rings. The van der Waals surface area contributed by atoms with E-state index in [0.717, 1.165) is 5.39 Å². The first-order chi connectivity index (χ1) is 11.0. The second kappa shape index (κ2) is 6.52. The fourth-order valence-electron chi connectivity index (χ4n) is 2.24. The number of rotatable bonds is 4. The van der Waals surface area contributed by atoms with Crippen molar-refractivity contribution in [3.8, 4) is 5.75 Å². The highest BCUT2D eigenvalue weighted by Crippen LogP contribution is 2.27. The maximum absolute atomic E-state index is 12.0. The zero-order chi connectivity index (χ0) is 16.4. The summed E-state index contributed by atoms with van der Waals surface area (Å²) in [6.07, 6.45) is 1.54. The Hall–Kier alpha value is -2.17. The number of phenols is 1. The first kappa shape index (κ1) is 15.7. The van der Waals surface area contributed by atoms with E-state index >= 15 is 0 Å². The molecule has 3 aromatic rings. The number of furan rings is 1. The SMILES string of the molecule is O=C(Cc1coc2cc(O)ccc12)OCc1c(Cl)cccc1Cl. The molecule has 0 atom stereocenters. The van der Waals surface area contributed by atoms with Crippen LogP contribution in [0.3, 0.4) is 0 Å². The molecule has 1 N–H and O–H groups in total. The van der Waals surface area contributed by atoms with Gasteiger partial charge >= 0.3 is 5.97 Å². The number of hydrogen-bond donors (Lipinski definition) is 1. The molecule has 23 heavy (non-hydrogen) atoms. The molecule has 0 saturated carbocycles. The fraction of sp³-hybridized carbons (Fsp3) is 0.118. The minimum absolute atomic E-state index is 0.00785. The van der Waals surface area contributed by atoms with E-state index in [9.17, 15) is 9.90 Å². The lowest BCUT2D eigenvalue weighted by Crippen LogP contribution is -2.08. The predicted molar refractivity (Wildman–Crippen MR) is 87.8 cm³/mol. The summed E-state index contributed by atoms with van der Waals surface area (Å²) in [5.41, 5.74) is 1.78. The maximum Gasteiger partial charge on any atom is 0.310 e. The Balaban J connectivity index is 1.69. The molecule has 0 fully saturated rings. The molecule has 0 bridgehead atoms. The number of hydrogen-bond acceptors (Lipinski definition) is 4. The van der Waals surface area contributed by atoms with Crippen molar-refractivity contribution < 1.29 is 19.1 Å². The van der Waals surface area contributed by atoms with Crippen LogP contribution in [0.15, 0.2) is 47.1 Å². The van der Waals surface area contributed by atoms with Crippen molar-refractivity contribution in [2.24, 2.45) is 0 Å². The largest absolute Gasteiger partial charge is 0.508 e. The molecular weight excluding hydrogens is 339 g/mol. The molecule has 118 valence electrons. The Morgan fingerprint density at radius 1 is 1.17 bits per heavy atom. The van der Waals surface area contributed by atoms with Crippen LogP contribution in [-0.2, 0) is 22.6 Å². The molecule has 4 nitrogen and oxygen atoms in total. The van der Waals surface area contributed by atoms with Crippen molar-refractivity contribution in [3.63, 3.8) is 0 Å². The van der Waals surface area contributed by atoms with E-state index in [1.165, 1.54) is 18.4 Å². The van der Waals surface area contributed by atoms with Gasteiger partial charge in [0.05, 0.1) is 12.7 Å². The lowest BCUT2D eigenvalue weighted by Gasteiger charge is -2.08. The predicted octanol–water partition coefficient (Wildman–Crippen LogP) is 4.73. The topological polar surface area (TPSA) is 59.7 Å². The number of benzene rings is 2. The van der Waals surface area contributed by atoms with E-state index in [1.807, 2.05) is 0 Å². The van der Waals surface area contributed by atoms with Crippen molar-refractivity contribution in [2.45, 2.75) is 13.0 Å². The van der Waals surface area contributed by atoms with Gasteiger partial charge in [-0.25, -0.2) is 0 Å². The van der Waals surface area contributed by atoms with Gasteiger partial charge in [-0.1, -0.05) is 29.3 Å². The Morgan fingerprint density at radius 2 is 1.91 bits per heavy atom. The average molecular weight is 351 g/mol. The van der Waals surface area contributed by atoms with E-state index in [4.69, 9.17) is 32.4 Å². The second-order valence-corrected chi connectivity index (χ2v) is 5.79. The smallest absolute Gasteiger partial charge is 0.310 e. The maximum atomic E-state index is 12.0. The van der Waals surface area contributed by atoms with Gasteiger partial charge in [-0.05, 0) is 24.3 Å². The fourth-order valence-corrected chi connectivity index (χ4v) is 2.74. The summed E-state index contributed by atoms with van der Waals surface area (Å²) in [4.78, 5) is 12.0. The molecule has 0 spiro atoms. The first-order valence-corrected chi connectivity index (χ1v) is 7.58. The van der Waals surface area contributed by atoms with Crippen LogP contribution in [0.2, 0.25) is 10.0 Å². The Bertz CT molecular complexity index is 850. The molecule has 0 saturated heterocycles. The number of carbonyl (C=O) groups is 1. The Kier molecular flexibility index (Phi) is 4.46. The molecule has 0 amide bonds. The van der Waals surface area contributed by atoms with Gasteiger partial charge < -0.3 is 14.3 Å². The summed E-state index contributed by atoms with van der Waals surface area (Å²) in [6, 6.07) is 9.83. The Labute approximate surface area is 142 Å². The highest BCUT2D eigenvalue weighted by atomic mass is 35.5. The number of esters is 1. The van der Waals surface area contributed by atoms with Gasteiger partial charge in [0.25, 0.3) is 0 Å². The first-order valence-electron chi connectivity index (χ1n) is 6.82. The van der Waals surface area contributed by atoms with E-state index in [1.54, 1.807) is 24.3 Å². The molecule has 3 rings (SSSR count). The number of carbonyl (C=O) groups excluding carboxylic acids is 1. The molecule has 6 heteroatoms. The van der Waals surface area contributed by atoms with Gasteiger partial charge in [-0.2, -0.15) is 0 Å². The van der Waals surface area contributed by atoms with Crippen LogP contribution in [0.4, 0.5) is 0 Å². The third kappa shape index (κ3) is 3.44. The minimum atomic E-state index is -0.420. The van der Waals surface area contributed by atoms with Gasteiger partial charge in [-0.15, -0.1) is 0 Å². The Morgan fingerprint density at radius 3 is 2.65 bits per heavy atom. The summed E-state index contributed by atoms with van der Waals surface area (Å²) in [5, 5.41) is 11.1. The third-order valence-corrected chi connectivity index (χ3v) is 4.12. The number of fused-ring (bicyclic) bond motifs is 1. The minimum Gasteiger partial charge on any atom is -0.508 e. The quantitative estimate of drug-likeness (QED) is 0.691. The van der Waals surface area contributed by atoms with Crippen LogP contribution >= 0.6 is 23.2 Å². The summed E-state index contributed by atoms with van der Waals surface area (Å²) in [6.45, 7) is 0.00785. The van der Waals surface area contributed by atoms with E-state index in [-0.39, 0.29) is 18.8 Å². The molecule has 1 heterocycles. The van der Waals surface area contributed by atoms with Gasteiger partial charge in [0, 0.05) is 32.6 Å². The normalized spacial score (nSPS) is 10.9. The van der Waals surface area contributed by atoms with Crippen LogP contribution in [0.1, 0.15) is 11.1 Å². The highest BCUT2D eigenvalue weighted by molar-refractivity contribution is 6.35. The number of aromatic hydroxyl groups is 1. The molecule has 0 unspecified atom stereocenters. The van der Waals surface area contributed by atoms with Crippen LogP contribution in [-0.4, -0.2) is 11.1 Å². The van der Waals surface area contributed by atoms with Gasteiger partial charge in [-0.3, -0.25) is 4.79 Å². The molecule has 0 aliphatic heterocycles. The average Bonchev–Trinajstić information content (AvgIpc) is 2.89. The zero-order valence-electron chi connectivity index (χ0n) is 11.9. The lowest BCUT2D eigenvalue weighted by atomic mass is 10.1. The van der Waals surface area contributed by atoms with Crippen molar-refractivity contribution in [1.82, 2.24) is 0 Å². The monoisotopic (exact) mass is 350 g/mol. The number of halogens is 2. The summed E-state index contributed by atoms with van der Waals surface area (Å²) >= 11 is 12.1. The van der Waals surface area contributed by atoms with Crippen molar-refractivity contribution in [2.75, 3.05) is 0 Å². The number of phenolic OH excluding ortho intramolecular Hbond substituents is 1.